The number of benzene rings is 1. The van der Waals surface area contributed by atoms with Crippen molar-refractivity contribution >= 4 is 5.91 Å². The van der Waals surface area contributed by atoms with Crippen molar-refractivity contribution in [3.8, 4) is 11.3 Å². The van der Waals surface area contributed by atoms with E-state index >= 15 is 0 Å². The van der Waals surface area contributed by atoms with Gasteiger partial charge < -0.3 is 10.3 Å². The van der Waals surface area contributed by atoms with Crippen LogP contribution in [-0.2, 0) is 0 Å². The summed E-state index contributed by atoms with van der Waals surface area (Å²) in [6.07, 6.45) is 3.36. The van der Waals surface area contributed by atoms with Crippen LogP contribution in [-0.4, -0.2) is 20.9 Å². The van der Waals surface area contributed by atoms with Gasteiger partial charge in [-0.25, -0.2) is 4.98 Å². The van der Waals surface area contributed by atoms with Crippen molar-refractivity contribution in [2.45, 2.75) is 19.9 Å². The number of imidazole rings is 1. The van der Waals surface area contributed by atoms with Crippen molar-refractivity contribution in [1.82, 2.24) is 20.3 Å². The lowest BCUT2D eigenvalue weighted by molar-refractivity contribution is 0.0938. The van der Waals surface area contributed by atoms with E-state index in [-0.39, 0.29) is 11.9 Å². The van der Waals surface area contributed by atoms with E-state index in [1.165, 1.54) is 0 Å². The van der Waals surface area contributed by atoms with Crippen molar-refractivity contribution in [3.05, 3.63) is 71.9 Å². The lowest BCUT2D eigenvalue weighted by Gasteiger charge is -2.11. The van der Waals surface area contributed by atoms with Crippen LogP contribution in [0, 0.1) is 6.92 Å². The van der Waals surface area contributed by atoms with E-state index in [1.54, 1.807) is 18.5 Å². The average molecular weight is 306 g/mol. The average Bonchev–Trinajstić information content (AvgIpc) is 3.06. The normalized spacial score (nSPS) is 11.9. The number of carbonyl (C=O) groups excluding carboxylic acids is 1. The quantitative estimate of drug-likeness (QED) is 0.777. The third kappa shape index (κ3) is 3.45. The lowest BCUT2D eigenvalue weighted by atomic mass is 10.2. The fourth-order valence-electron chi connectivity index (χ4n) is 2.27. The molecule has 3 rings (SSSR count). The van der Waals surface area contributed by atoms with Crippen LogP contribution in [0.15, 0.2) is 54.9 Å². The highest BCUT2D eigenvalue weighted by Gasteiger charge is 2.14. The summed E-state index contributed by atoms with van der Waals surface area (Å²) in [6.45, 7) is 3.78. The van der Waals surface area contributed by atoms with E-state index in [4.69, 9.17) is 0 Å². The molecule has 5 nitrogen and oxygen atoms in total. The molecule has 0 aliphatic rings. The van der Waals surface area contributed by atoms with Crippen LogP contribution in [0.3, 0.4) is 0 Å². The number of aryl methyl sites for hydroxylation is 1. The molecule has 0 fully saturated rings. The first-order chi connectivity index (χ1) is 11.1. The molecule has 3 aromatic rings. The van der Waals surface area contributed by atoms with E-state index in [1.807, 2.05) is 50.2 Å². The zero-order valence-corrected chi connectivity index (χ0v) is 13.1. The van der Waals surface area contributed by atoms with Gasteiger partial charge >= 0.3 is 0 Å². The number of amides is 1. The summed E-state index contributed by atoms with van der Waals surface area (Å²) in [4.78, 5) is 24.0. The zero-order chi connectivity index (χ0) is 16.2. The molecule has 0 saturated heterocycles. The van der Waals surface area contributed by atoms with Crippen LogP contribution in [0.1, 0.15) is 34.8 Å². The van der Waals surface area contributed by atoms with Gasteiger partial charge in [0.2, 0.25) is 0 Å². The molecule has 116 valence electrons. The number of carbonyl (C=O) groups is 1. The fraction of sp³-hybridized carbons (Fsp3) is 0.167. The molecule has 0 saturated carbocycles. The SMILES string of the molecule is Cc1ccc(C(=O)N[C@H](C)c2ncc(-c3ccccc3)[nH]2)cn1. The summed E-state index contributed by atoms with van der Waals surface area (Å²) in [5, 5.41) is 2.92. The molecule has 23 heavy (non-hydrogen) atoms. The highest BCUT2D eigenvalue weighted by molar-refractivity contribution is 5.94. The van der Waals surface area contributed by atoms with E-state index in [0.29, 0.717) is 5.56 Å². The number of nitrogens with one attached hydrogen (secondary N) is 2. The molecule has 1 aromatic carbocycles. The minimum Gasteiger partial charge on any atom is -0.342 e. The monoisotopic (exact) mass is 306 g/mol. The van der Waals surface area contributed by atoms with Crippen molar-refractivity contribution < 1.29 is 4.79 Å². The second-order valence-electron chi connectivity index (χ2n) is 5.43. The maximum atomic E-state index is 12.2. The van der Waals surface area contributed by atoms with Gasteiger partial charge in [0, 0.05) is 11.9 Å². The highest BCUT2D eigenvalue weighted by Crippen LogP contribution is 2.18. The summed E-state index contributed by atoms with van der Waals surface area (Å²) in [7, 11) is 0. The molecule has 0 aliphatic carbocycles. The molecule has 1 atom stereocenters. The smallest absolute Gasteiger partial charge is 0.253 e. The fourth-order valence-corrected chi connectivity index (χ4v) is 2.27. The van der Waals surface area contributed by atoms with Crippen LogP contribution in [0.4, 0.5) is 0 Å². The number of hydrogen-bond acceptors (Lipinski definition) is 3. The topological polar surface area (TPSA) is 70.7 Å². The molecule has 1 amide bonds. The number of aromatic amines is 1. The maximum Gasteiger partial charge on any atom is 0.253 e. The van der Waals surface area contributed by atoms with Gasteiger partial charge in [0.15, 0.2) is 0 Å². The van der Waals surface area contributed by atoms with Crippen LogP contribution in [0.2, 0.25) is 0 Å². The van der Waals surface area contributed by atoms with E-state index < -0.39 is 0 Å². The lowest BCUT2D eigenvalue weighted by Crippen LogP contribution is -2.27. The number of aromatic nitrogens is 3. The Morgan fingerprint density at radius 2 is 1.87 bits per heavy atom. The van der Waals surface area contributed by atoms with Crippen LogP contribution in [0.25, 0.3) is 11.3 Å². The summed E-state index contributed by atoms with van der Waals surface area (Å²) in [5.74, 6) is 0.555. The number of nitrogens with zero attached hydrogens (tertiary/aromatic N) is 2. The van der Waals surface area contributed by atoms with Gasteiger partial charge in [-0.2, -0.15) is 0 Å². The molecule has 2 aromatic heterocycles. The van der Waals surface area contributed by atoms with Gasteiger partial charge in [0.05, 0.1) is 23.5 Å². The molecule has 5 heteroatoms. The Morgan fingerprint density at radius 1 is 1.09 bits per heavy atom. The Morgan fingerprint density at radius 3 is 2.57 bits per heavy atom. The first kappa shape index (κ1) is 15.0. The minimum atomic E-state index is -0.221. The van der Waals surface area contributed by atoms with Crippen LogP contribution < -0.4 is 5.32 Å². The standard InChI is InChI=1S/C18H18N4O/c1-12-8-9-15(10-19-12)18(23)21-13(2)17-20-11-16(22-17)14-6-4-3-5-7-14/h3-11,13H,1-2H3,(H,20,22)(H,21,23)/t13-/m1/s1. The van der Waals surface area contributed by atoms with Crippen molar-refractivity contribution in [1.29, 1.82) is 0 Å². The van der Waals surface area contributed by atoms with E-state index in [2.05, 4.69) is 20.3 Å². The van der Waals surface area contributed by atoms with Gasteiger partial charge in [0.25, 0.3) is 5.91 Å². The molecule has 0 spiro atoms. The highest BCUT2D eigenvalue weighted by atomic mass is 16.1. The molecular weight excluding hydrogens is 288 g/mol. The molecule has 2 N–H and O–H groups in total. The summed E-state index contributed by atoms with van der Waals surface area (Å²) in [5.41, 5.74) is 3.41. The van der Waals surface area contributed by atoms with E-state index in [9.17, 15) is 4.79 Å². The number of H-pyrrole nitrogens is 1. The summed E-state index contributed by atoms with van der Waals surface area (Å²) in [6, 6.07) is 13.3. The third-order valence-corrected chi connectivity index (χ3v) is 3.61. The van der Waals surface area contributed by atoms with Crippen molar-refractivity contribution in [2.75, 3.05) is 0 Å². The Balaban J connectivity index is 1.71. The van der Waals surface area contributed by atoms with Crippen LogP contribution in [0.5, 0.6) is 0 Å². The Labute approximate surface area is 134 Å². The predicted molar refractivity (Wildman–Crippen MR) is 88.9 cm³/mol. The van der Waals surface area contributed by atoms with Gasteiger partial charge in [-0.15, -0.1) is 0 Å². The first-order valence-corrected chi connectivity index (χ1v) is 7.47. The molecule has 2 heterocycles. The summed E-state index contributed by atoms with van der Waals surface area (Å²) >= 11 is 0. The largest absolute Gasteiger partial charge is 0.342 e. The van der Waals surface area contributed by atoms with Crippen LogP contribution >= 0.6 is 0 Å². The maximum absolute atomic E-state index is 12.2. The number of hydrogen-bond donors (Lipinski definition) is 2. The van der Waals surface area contributed by atoms with E-state index in [0.717, 1.165) is 22.8 Å². The zero-order valence-electron chi connectivity index (χ0n) is 13.1. The van der Waals surface area contributed by atoms with Crippen molar-refractivity contribution in [3.63, 3.8) is 0 Å². The Hall–Kier alpha value is -2.95. The van der Waals surface area contributed by atoms with Gasteiger partial charge in [0.1, 0.15) is 5.82 Å². The van der Waals surface area contributed by atoms with Gasteiger partial charge in [-0.1, -0.05) is 30.3 Å². The minimum absolute atomic E-state index is 0.164. The molecular formula is C18H18N4O. The second kappa shape index (κ2) is 6.44. The summed E-state index contributed by atoms with van der Waals surface area (Å²) < 4.78 is 0. The number of pyridine rings is 1. The second-order valence-corrected chi connectivity index (χ2v) is 5.43. The third-order valence-electron chi connectivity index (χ3n) is 3.61. The first-order valence-electron chi connectivity index (χ1n) is 7.47. The molecule has 0 aliphatic heterocycles. The Kier molecular flexibility index (Phi) is 4.19. The molecule has 0 bridgehead atoms. The Bertz CT molecular complexity index is 793. The van der Waals surface area contributed by atoms with Gasteiger partial charge in [-0.05, 0) is 31.5 Å². The predicted octanol–water partition coefficient (Wildman–Crippen LogP) is 3.27. The molecule has 0 radical (unpaired) electrons. The number of rotatable bonds is 4. The van der Waals surface area contributed by atoms with Gasteiger partial charge in [-0.3, -0.25) is 9.78 Å². The molecule has 0 unspecified atom stereocenters. The van der Waals surface area contributed by atoms with Crippen molar-refractivity contribution in [2.24, 2.45) is 0 Å².